The van der Waals surface area contributed by atoms with E-state index in [1.54, 1.807) is 6.20 Å². The van der Waals surface area contributed by atoms with Crippen molar-refractivity contribution in [3.05, 3.63) is 29.6 Å². The molecule has 0 spiro atoms. The molecule has 1 aromatic rings. The lowest BCUT2D eigenvalue weighted by atomic mass is 10.1. The van der Waals surface area contributed by atoms with Gasteiger partial charge in [-0.05, 0) is 24.1 Å². The summed E-state index contributed by atoms with van der Waals surface area (Å²) in [6.07, 6.45) is 1.73. The van der Waals surface area contributed by atoms with E-state index in [1.807, 2.05) is 12.1 Å². The Bertz CT molecular complexity index is 377. The second kappa shape index (κ2) is 6.67. The van der Waals surface area contributed by atoms with Crippen molar-refractivity contribution in [1.29, 1.82) is 0 Å². The summed E-state index contributed by atoms with van der Waals surface area (Å²) in [6, 6.07) is 3.98. The minimum atomic E-state index is 0.376. The Morgan fingerprint density at radius 2 is 2.24 bits per heavy atom. The highest BCUT2D eigenvalue weighted by Gasteiger charge is 2.11. The maximum atomic E-state index is 5.68. The Kier molecular flexibility index (Phi) is 5.51. The number of thiocarbonyl (C=S) groups is 1. The van der Waals surface area contributed by atoms with Crippen LogP contribution in [0.5, 0.6) is 0 Å². The number of rotatable bonds is 6. The SMILES string of the molecule is CCN(Cc1cccnc1C(N)=S)CC(C)C. The van der Waals surface area contributed by atoms with Crippen LogP contribution in [-0.2, 0) is 6.54 Å². The van der Waals surface area contributed by atoms with Gasteiger partial charge in [0, 0.05) is 19.3 Å². The molecule has 0 aliphatic heterocycles. The van der Waals surface area contributed by atoms with Gasteiger partial charge in [-0.3, -0.25) is 9.88 Å². The van der Waals surface area contributed by atoms with Crippen LogP contribution in [0.1, 0.15) is 32.0 Å². The summed E-state index contributed by atoms with van der Waals surface area (Å²) in [6.45, 7) is 9.56. The van der Waals surface area contributed by atoms with Gasteiger partial charge in [0.2, 0.25) is 0 Å². The zero-order valence-electron chi connectivity index (χ0n) is 10.8. The summed E-state index contributed by atoms with van der Waals surface area (Å²) < 4.78 is 0. The Labute approximate surface area is 109 Å². The zero-order chi connectivity index (χ0) is 12.8. The molecular formula is C13H21N3S. The third-order valence-corrected chi connectivity index (χ3v) is 2.78. The van der Waals surface area contributed by atoms with Crippen molar-refractivity contribution in [3.8, 4) is 0 Å². The van der Waals surface area contributed by atoms with E-state index in [4.69, 9.17) is 18.0 Å². The van der Waals surface area contributed by atoms with Gasteiger partial charge in [0.1, 0.15) is 10.7 Å². The first-order valence-corrected chi connectivity index (χ1v) is 6.41. The topological polar surface area (TPSA) is 42.2 Å². The van der Waals surface area contributed by atoms with Crippen LogP contribution in [0.4, 0.5) is 0 Å². The largest absolute Gasteiger partial charge is 0.388 e. The lowest BCUT2D eigenvalue weighted by Gasteiger charge is -2.23. The Morgan fingerprint density at radius 1 is 1.53 bits per heavy atom. The second-order valence-corrected chi connectivity index (χ2v) is 5.04. The molecule has 0 atom stereocenters. The molecule has 0 radical (unpaired) electrons. The van der Waals surface area contributed by atoms with Crippen molar-refractivity contribution in [2.24, 2.45) is 11.7 Å². The van der Waals surface area contributed by atoms with Crippen LogP contribution in [0.2, 0.25) is 0 Å². The van der Waals surface area contributed by atoms with Crippen molar-refractivity contribution < 1.29 is 0 Å². The Hall–Kier alpha value is -1.00. The molecule has 0 aliphatic rings. The van der Waals surface area contributed by atoms with Crippen LogP contribution >= 0.6 is 12.2 Å². The molecule has 0 saturated carbocycles. The molecule has 0 fully saturated rings. The smallest absolute Gasteiger partial charge is 0.123 e. The Morgan fingerprint density at radius 3 is 2.76 bits per heavy atom. The normalized spacial score (nSPS) is 11.1. The maximum absolute atomic E-state index is 5.68. The van der Waals surface area contributed by atoms with Gasteiger partial charge in [0.15, 0.2) is 0 Å². The predicted molar refractivity (Wildman–Crippen MR) is 75.9 cm³/mol. The molecule has 17 heavy (non-hydrogen) atoms. The molecule has 2 N–H and O–H groups in total. The quantitative estimate of drug-likeness (QED) is 0.787. The van der Waals surface area contributed by atoms with Crippen molar-refractivity contribution in [3.63, 3.8) is 0 Å². The van der Waals surface area contributed by atoms with Gasteiger partial charge >= 0.3 is 0 Å². The average molecular weight is 251 g/mol. The molecule has 4 heteroatoms. The van der Waals surface area contributed by atoms with E-state index in [1.165, 1.54) is 0 Å². The third kappa shape index (κ3) is 4.40. The van der Waals surface area contributed by atoms with E-state index in [-0.39, 0.29) is 0 Å². The summed E-state index contributed by atoms with van der Waals surface area (Å²) in [7, 11) is 0. The third-order valence-electron chi connectivity index (χ3n) is 2.59. The molecular weight excluding hydrogens is 230 g/mol. The molecule has 1 rings (SSSR count). The fourth-order valence-corrected chi connectivity index (χ4v) is 2.03. The highest BCUT2D eigenvalue weighted by Crippen LogP contribution is 2.10. The minimum Gasteiger partial charge on any atom is -0.388 e. The highest BCUT2D eigenvalue weighted by atomic mass is 32.1. The van der Waals surface area contributed by atoms with Gasteiger partial charge in [0.05, 0.1) is 0 Å². The predicted octanol–water partition coefficient (Wildman–Crippen LogP) is 2.19. The monoisotopic (exact) mass is 251 g/mol. The molecule has 1 heterocycles. The molecule has 94 valence electrons. The highest BCUT2D eigenvalue weighted by molar-refractivity contribution is 7.80. The van der Waals surface area contributed by atoms with Crippen LogP contribution in [0.15, 0.2) is 18.3 Å². The lowest BCUT2D eigenvalue weighted by molar-refractivity contribution is 0.248. The number of nitrogens with zero attached hydrogens (tertiary/aromatic N) is 2. The van der Waals surface area contributed by atoms with Gasteiger partial charge < -0.3 is 5.73 Å². The fraction of sp³-hybridized carbons (Fsp3) is 0.538. The maximum Gasteiger partial charge on any atom is 0.123 e. The van der Waals surface area contributed by atoms with Crippen LogP contribution in [0, 0.1) is 5.92 Å². The number of nitrogens with two attached hydrogens (primary N) is 1. The van der Waals surface area contributed by atoms with E-state index in [0.717, 1.165) is 30.9 Å². The van der Waals surface area contributed by atoms with Gasteiger partial charge in [0.25, 0.3) is 0 Å². The van der Waals surface area contributed by atoms with Gasteiger partial charge in [-0.25, -0.2) is 0 Å². The number of pyridine rings is 1. The molecule has 0 saturated heterocycles. The fourth-order valence-electron chi connectivity index (χ4n) is 1.85. The first-order chi connectivity index (χ1) is 8.04. The molecule has 3 nitrogen and oxygen atoms in total. The first-order valence-electron chi connectivity index (χ1n) is 6.00. The molecule has 0 unspecified atom stereocenters. The van der Waals surface area contributed by atoms with Gasteiger partial charge in [-0.15, -0.1) is 0 Å². The van der Waals surface area contributed by atoms with E-state index < -0.39 is 0 Å². The number of aromatic nitrogens is 1. The second-order valence-electron chi connectivity index (χ2n) is 4.60. The molecule has 0 bridgehead atoms. The Balaban J connectivity index is 2.82. The summed E-state index contributed by atoms with van der Waals surface area (Å²) >= 11 is 5.02. The number of hydrogen-bond donors (Lipinski definition) is 1. The average Bonchev–Trinajstić information content (AvgIpc) is 2.28. The van der Waals surface area contributed by atoms with Gasteiger partial charge in [-0.1, -0.05) is 39.1 Å². The summed E-state index contributed by atoms with van der Waals surface area (Å²) in [4.78, 5) is 7.01. The number of hydrogen-bond acceptors (Lipinski definition) is 3. The zero-order valence-corrected chi connectivity index (χ0v) is 11.6. The summed E-state index contributed by atoms with van der Waals surface area (Å²) in [5.41, 5.74) is 7.55. The standard InChI is InChI=1S/C13H21N3S/c1-4-16(8-10(2)3)9-11-6-5-7-15-12(11)13(14)17/h5-7,10H,4,8-9H2,1-3H3,(H2,14,17). The van der Waals surface area contributed by atoms with E-state index in [2.05, 4.69) is 30.7 Å². The summed E-state index contributed by atoms with van der Waals surface area (Å²) in [5.74, 6) is 0.653. The van der Waals surface area contributed by atoms with Crippen molar-refractivity contribution in [2.75, 3.05) is 13.1 Å². The minimum absolute atomic E-state index is 0.376. The summed E-state index contributed by atoms with van der Waals surface area (Å²) in [5, 5.41) is 0. The van der Waals surface area contributed by atoms with Crippen molar-refractivity contribution in [2.45, 2.75) is 27.3 Å². The van der Waals surface area contributed by atoms with Crippen LogP contribution in [0.25, 0.3) is 0 Å². The lowest BCUT2D eigenvalue weighted by Crippen LogP contribution is -2.28. The first kappa shape index (κ1) is 14.1. The molecule has 0 amide bonds. The molecule has 0 aliphatic carbocycles. The van der Waals surface area contributed by atoms with Crippen LogP contribution < -0.4 is 5.73 Å². The van der Waals surface area contributed by atoms with Crippen molar-refractivity contribution >= 4 is 17.2 Å². The van der Waals surface area contributed by atoms with E-state index in [9.17, 15) is 0 Å². The van der Waals surface area contributed by atoms with E-state index in [0.29, 0.717) is 10.9 Å². The van der Waals surface area contributed by atoms with Gasteiger partial charge in [-0.2, -0.15) is 0 Å². The van der Waals surface area contributed by atoms with Crippen LogP contribution in [0.3, 0.4) is 0 Å². The van der Waals surface area contributed by atoms with Crippen LogP contribution in [-0.4, -0.2) is 28.0 Å². The molecule has 1 aromatic heterocycles. The van der Waals surface area contributed by atoms with Crippen molar-refractivity contribution in [1.82, 2.24) is 9.88 Å². The molecule has 0 aromatic carbocycles. The van der Waals surface area contributed by atoms with E-state index >= 15 is 0 Å².